The Morgan fingerprint density at radius 3 is 2.79 bits per heavy atom. The molecule has 0 fully saturated rings. The van der Waals surface area contributed by atoms with Crippen LogP contribution in [0.2, 0.25) is 0 Å². The van der Waals surface area contributed by atoms with Crippen molar-refractivity contribution in [2.45, 2.75) is 18.2 Å². The molecule has 4 heteroatoms. The molecule has 0 aliphatic heterocycles. The highest BCUT2D eigenvalue weighted by atomic mass is 32.2. The number of hydrogen-bond acceptors (Lipinski definition) is 2. The van der Waals surface area contributed by atoms with Gasteiger partial charge in [-0.05, 0) is 24.6 Å². The molecule has 0 bridgehead atoms. The zero-order chi connectivity index (χ0) is 10.6. The Kier molecular flexibility index (Phi) is 3.83. The van der Waals surface area contributed by atoms with Crippen molar-refractivity contribution >= 4 is 16.8 Å². The molecular weight excluding hydrogens is 200 g/mol. The average Bonchev–Trinajstić information content (AvgIpc) is 2.18. The monoisotopic (exact) mass is 212 g/mol. The fourth-order valence-electron chi connectivity index (χ4n) is 1.07. The van der Waals surface area contributed by atoms with Crippen molar-refractivity contribution in [2.24, 2.45) is 0 Å². The standard InChI is InChI=1S/C10H12O3S/c1-2-6-14(13)9-5-3-4-8(7-9)10(11)12/h3-5,7H,2,6H2,1H3,(H,11,12). The van der Waals surface area contributed by atoms with Crippen LogP contribution < -0.4 is 0 Å². The summed E-state index contributed by atoms with van der Waals surface area (Å²) in [5, 5.41) is 8.72. The van der Waals surface area contributed by atoms with Crippen LogP contribution in [-0.2, 0) is 10.8 Å². The van der Waals surface area contributed by atoms with Crippen molar-refractivity contribution in [1.82, 2.24) is 0 Å². The van der Waals surface area contributed by atoms with Crippen LogP contribution in [0.5, 0.6) is 0 Å². The lowest BCUT2D eigenvalue weighted by Crippen LogP contribution is -2.00. The highest BCUT2D eigenvalue weighted by molar-refractivity contribution is 7.85. The summed E-state index contributed by atoms with van der Waals surface area (Å²) in [5.41, 5.74) is 0.187. The first kappa shape index (κ1) is 10.9. The largest absolute Gasteiger partial charge is 0.478 e. The number of carboxylic acids is 1. The Bertz CT molecular complexity index is 360. The van der Waals surface area contributed by atoms with E-state index in [4.69, 9.17) is 5.11 Å². The Morgan fingerprint density at radius 2 is 2.21 bits per heavy atom. The predicted octanol–water partition coefficient (Wildman–Crippen LogP) is 1.90. The molecular formula is C10H12O3S. The maximum absolute atomic E-state index is 11.5. The van der Waals surface area contributed by atoms with Gasteiger partial charge in [-0.15, -0.1) is 0 Å². The van der Waals surface area contributed by atoms with Crippen LogP contribution in [0.15, 0.2) is 29.2 Å². The Balaban J connectivity index is 2.93. The molecule has 1 aromatic rings. The minimum absolute atomic E-state index is 0.187. The van der Waals surface area contributed by atoms with Crippen molar-refractivity contribution in [3.63, 3.8) is 0 Å². The van der Waals surface area contributed by atoms with Crippen LogP contribution in [0.25, 0.3) is 0 Å². The number of aromatic carboxylic acids is 1. The summed E-state index contributed by atoms with van der Waals surface area (Å²) in [4.78, 5) is 11.2. The molecule has 0 aliphatic carbocycles. The van der Waals surface area contributed by atoms with Crippen LogP contribution in [0.3, 0.4) is 0 Å². The highest BCUT2D eigenvalue weighted by Gasteiger charge is 2.06. The molecule has 0 heterocycles. The smallest absolute Gasteiger partial charge is 0.335 e. The third-order valence-corrected chi connectivity index (χ3v) is 3.29. The van der Waals surface area contributed by atoms with Gasteiger partial charge in [0.2, 0.25) is 0 Å². The van der Waals surface area contributed by atoms with Gasteiger partial charge in [-0.25, -0.2) is 4.79 Å². The Hall–Kier alpha value is -1.16. The molecule has 1 atom stereocenters. The zero-order valence-electron chi connectivity index (χ0n) is 7.90. The summed E-state index contributed by atoms with van der Waals surface area (Å²) < 4.78 is 11.5. The maximum atomic E-state index is 11.5. The topological polar surface area (TPSA) is 54.4 Å². The van der Waals surface area contributed by atoms with E-state index in [2.05, 4.69) is 0 Å². The van der Waals surface area contributed by atoms with E-state index in [1.54, 1.807) is 12.1 Å². The van der Waals surface area contributed by atoms with Gasteiger partial charge in [0.05, 0.1) is 16.4 Å². The number of rotatable bonds is 4. The molecule has 76 valence electrons. The van der Waals surface area contributed by atoms with Crippen molar-refractivity contribution in [3.8, 4) is 0 Å². The fourth-order valence-corrected chi connectivity index (χ4v) is 2.17. The second-order valence-electron chi connectivity index (χ2n) is 2.88. The molecule has 0 saturated heterocycles. The Morgan fingerprint density at radius 1 is 1.50 bits per heavy atom. The molecule has 1 rings (SSSR count). The van der Waals surface area contributed by atoms with Crippen LogP contribution in [0.1, 0.15) is 23.7 Å². The first-order valence-electron chi connectivity index (χ1n) is 4.37. The van der Waals surface area contributed by atoms with E-state index < -0.39 is 16.8 Å². The lowest BCUT2D eigenvalue weighted by atomic mass is 10.2. The minimum atomic E-state index is -1.07. The van der Waals surface area contributed by atoms with E-state index in [0.717, 1.165) is 6.42 Å². The zero-order valence-corrected chi connectivity index (χ0v) is 8.71. The molecule has 1 aromatic carbocycles. The van der Waals surface area contributed by atoms with Crippen LogP contribution in [0.4, 0.5) is 0 Å². The molecule has 0 aliphatic rings. The second kappa shape index (κ2) is 4.91. The predicted molar refractivity (Wildman–Crippen MR) is 55.0 cm³/mol. The SMILES string of the molecule is CCCS(=O)c1cccc(C(=O)O)c1. The third kappa shape index (κ3) is 2.67. The lowest BCUT2D eigenvalue weighted by molar-refractivity contribution is 0.0696. The van der Waals surface area contributed by atoms with Crippen molar-refractivity contribution in [1.29, 1.82) is 0 Å². The van der Waals surface area contributed by atoms with Gasteiger partial charge in [-0.3, -0.25) is 4.21 Å². The molecule has 0 amide bonds. The highest BCUT2D eigenvalue weighted by Crippen LogP contribution is 2.10. The van der Waals surface area contributed by atoms with Crippen LogP contribution >= 0.6 is 0 Å². The summed E-state index contributed by atoms with van der Waals surface area (Å²) in [7, 11) is -1.07. The van der Waals surface area contributed by atoms with Gasteiger partial charge in [0.25, 0.3) is 0 Å². The van der Waals surface area contributed by atoms with Gasteiger partial charge in [0.1, 0.15) is 0 Å². The number of benzene rings is 1. The summed E-state index contributed by atoms with van der Waals surface area (Å²) in [5.74, 6) is -0.413. The van der Waals surface area contributed by atoms with Gasteiger partial charge in [-0.1, -0.05) is 13.0 Å². The normalized spacial score (nSPS) is 12.4. The van der Waals surface area contributed by atoms with E-state index in [1.165, 1.54) is 12.1 Å². The maximum Gasteiger partial charge on any atom is 0.335 e. The van der Waals surface area contributed by atoms with Gasteiger partial charge >= 0.3 is 5.97 Å². The summed E-state index contributed by atoms with van der Waals surface area (Å²) in [6.45, 7) is 1.94. The number of hydrogen-bond donors (Lipinski definition) is 1. The molecule has 0 saturated carbocycles. The van der Waals surface area contributed by atoms with Gasteiger partial charge in [0, 0.05) is 10.6 Å². The van der Waals surface area contributed by atoms with E-state index in [0.29, 0.717) is 10.6 Å². The quantitative estimate of drug-likeness (QED) is 0.829. The van der Waals surface area contributed by atoms with Gasteiger partial charge < -0.3 is 5.11 Å². The second-order valence-corrected chi connectivity index (χ2v) is 4.45. The van der Waals surface area contributed by atoms with Crippen molar-refractivity contribution < 1.29 is 14.1 Å². The first-order chi connectivity index (χ1) is 6.65. The summed E-state index contributed by atoms with van der Waals surface area (Å²) >= 11 is 0. The van der Waals surface area contributed by atoms with Crippen LogP contribution in [0, 0.1) is 0 Å². The molecule has 0 radical (unpaired) electrons. The minimum Gasteiger partial charge on any atom is -0.478 e. The van der Waals surface area contributed by atoms with E-state index in [-0.39, 0.29) is 5.56 Å². The van der Waals surface area contributed by atoms with Crippen LogP contribution in [-0.4, -0.2) is 21.0 Å². The lowest BCUT2D eigenvalue weighted by Gasteiger charge is -2.01. The van der Waals surface area contributed by atoms with Gasteiger partial charge in [-0.2, -0.15) is 0 Å². The molecule has 0 aromatic heterocycles. The van der Waals surface area contributed by atoms with E-state index in [9.17, 15) is 9.00 Å². The summed E-state index contributed by atoms with van der Waals surface area (Å²) in [6.07, 6.45) is 0.823. The van der Waals surface area contributed by atoms with E-state index >= 15 is 0 Å². The Labute approximate surface area is 85.2 Å². The molecule has 0 spiro atoms. The third-order valence-electron chi connectivity index (χ3n) is 1.73. The number of carboxylic acid groups (broad SMARTS) is 1. The molecule has 1 unspecified atom stereocenters. The van der Waals surface area contributed by atoms with Crippen molar-refractivity contribution in [2.75, 3.05) is 5.75 Å². The van der Waals surface area contributed by atoms with E-state index in [1.807, 2.05) is 6.92 Å². The molecule has 1 N–H and O–H groups in total. The molecule has 3 nitrogen and oxygen atoms in total. The van der Waals surface area contributed by atoms with Gasteiger partial charge in [0.15, 0.2) is 0 Å². The number of carbonyl (C=O) groups is 1. The van der Waals surface area contributed by atoms with Crippen molar-refractivity contribution in [3.05, 3.63) is 29.8 Å². The average molecular weight is 212 g/mol. The first-order valence-corrected chi connectivity index (χ1v) is 5.68. The fraction of sp³-hybridized carbons (Fsp3) is 0.300. The summed E-state index contributed by atoms with van der Waals surface area (Å²) in [6, 6.07) is 6.27. The molecule has 14 heavy (non-hydrogen) atoms.